The molecule has 304 valence electrons. The van der Waals surface area contributed by atoms with Gasteiger partial charge in [-0.1, -0.05) is 225 Å². The van der Waals surface area contributed by atoms with Crippen molar-refractivity contribution < 1.29 is 0 Å². The molecule has 12 rings (SSSR count). The lowest BCUT2D eigenvalue weighted by Gasteiger charge is -2.42. The lowest BCUT2D eigenvalue weighted by Crippen LogP contribution is -2.39. The zero-order chi connectivity index (χ0) is 42.7. The van der Waals surface area contributed by atoms with Gasteiger partial charge in [-0.05, 0) is 115 Å². The Bertz CT molecular complexity index is 3180. The Balaban J connectivity index is 1.12. The summed E-state index contributed by atoms with van der Waals surface area (Å²) >= 11 is 0. The molecular weight excluding hydrogens is 771 g/mol. The van der Waals surface area contributed by atoms with Crippen molar-refractivity contribution in [2.24, 2.45) is 11.8 Å². The average molecular weight is 818 g/mol. The van der Waals surface area contributed by atoms with Gasteiger partial charge in [0.2, 0.25) is 0 Å². The summed E-state index contributed by atoms with van der Waals surface area (Å²) in [5, 5.41) is 0. The van der Waals surface area contributed by atoms with Gasteiger partial charge in [-0.25, -0.2) is 0 Å². The Hall–Kier alpha value is -7.74. The topological polar surface area (TPSA) is 3.24 Å². The summed E-state index contributed by atoms with van der Waals surface area (Å²) < 4.78 is 0. The molecule has 1 nitrogen and oxygen atoms in total. The third-order valence-corrected chi connectivity index (χ3v) is 14.4. The van der Waals surface area contributed by atoms with Crippen LogP contribution in [0.5, 0.6) is 0 Å². The highest BCUT2D eigenvalue weighted by Gasteiger charge is 2.51. The van der Waals surface area contributed by atoms with E-state index in [9.17, 15) is 0 Å². The summed E-state index contributed by atoms with van der Waals surface area (Å²) in [5.41, 5.74) is 19.1. The first kappa shape index (κ1) is 38.0. The van der Waals surface area contributed by atoms with E-state index in [-0.39, 0.29) is 5.92 Å². The second-order valence-corrected chi connectivity index (χ2v) is 17.6. The second kappa shape index (κ2) is 15.3. The van der Waals surface area contributed by atoms with Gasteiger partial charge in [0.05, 0.1) is 10.8 Å². The Morgan fingerprint density at radius 2 is 0.781 bits per heavy atom. The van der Waals surface area contributed by atoms with Gasteiger partial charge >= 0.3 is 0 Å². The number of allylic oxidation sites excluding steroid dienone is 4. The van der Waals surface area contributed by atoms with Crippen LogP contribution in [0.3, 0.4) is 0 Å². The Labute approximate surface area is 377 Å². The summed E-state index contributed by atoms with van der Waals surface area (Å²) in [4.78, 5) is 2.50. The van der Waals surface area contributed by atoms with Gasteiger partial charge in [0.15, 0.2) is 0 Å². The molecule has 64 heavy (non-hydrogen) atoms. The molecule has 0 radical (unpaired) electrons. The first-order valence-electron chi connectivity index (χ1n) is 22.6. The highest BCUT2D eigenvalue weighted by molar-refractivity contribution is 5.92. The average Bonchev–Trinajstić information content (AvgIpc) is 3.83. The number of rotatable bonds is 8. The standard InChI is InChI=1S/C63H47N/c1-44-20-14-17-31-57(44)63(49-27-12-5-13-28-49)59-33-19-16-30-54(59)56-41-39-52(43-61(56)63)64(50-36-34-46(35-37-50)45-21-6-2-7-22-45)51-38-40-55-53-29-15-18-32-58(53)62(60(55)42-51,47-23-8-3-9-24-47)48-25-10-4-11-26-48/h2-44,57H,1H3. The first-order valence-corrected chi connectivity index (χ1v) is 22.6. The highest BCUT2D eigenvalue weighted by Crippen LogP contribution is 2.61. The summed E-state index contributed by atoms with van der Waals surface area (Å²) in [6.07, 6.45) is 9.32. The third-order valence-electron chi connectivity index (χ3n) is 14.4. The molecule has 0 saturated carbocycles. The molecule has 3 aliphatic carbocycles. The van der Waals surface area contributed by atoms with Crippen molar-refractivity contribution in [3.8, 4) is 33.4 Å². The van der Waals surface area contributed by atoms with Crippen molar-refractivity contribution in [3.63, 3.8) is 0 Å². The molecule has 0 fully saturated rings. The molecular formula is C63H47N. The van der Waals surface area contributed by atoms with Crippen LogP contribution in [-0.2, 0) is 10.8 Å². The van der Waals surface area contributed by atoms with E-state index in [4.69, 9.17) is 0 Å². The largest absolute Gasteiger partial charge is 0.310 e. The Morgan fingerprint density at radius 1 is 0.344 bits per heavy atom. The predicted octanol–water partition coefficient (Wildman–Crippen LogP) is 15.9. The first-order chi connectivity index (χ1) is 31.7. The van der Waals surface area contributed by atoms with Gasteiger partial charge in [-0.15, -0.1) is 0 Å². The maximum absolute atomic E-state index is 2.52. The molecule has 0 spiro atoms. The van der Waals surface area contributed by atoms with Crippen molar-refractivity contribution in [1.29, 1.82) is 0 Å². The maximum atomic E-state index is 2.52. The second-order valence-electron chi connectivity index (χ2n) is 17.6. The van der Waals surface area contributed by atoms with Gasteiger partial charge in [0.1, 0.15) is 0 Å². The number of hydrogen-bond acceptors (Lipinski definition) is 1. The van der Waals surface area contributed by atoms with E-state index in [1.54, 1.807) is 0 Å². The zero-order valence-electron chi connectivity index (χ0n) is 35.9. The molecule has 3 atom stereocenters. The summed E-state index contributed by atoms with van der Waals surface area (Å²) in [6, 6.07) is 86.0. The van der Waals surface area contributed by atoms with Crippen LogP contribution in [0, 0.1) is 11.8 Å². The van der Waals surface area contributed by atoms with Crippen LogP contribution >= 0.6 is 0 Å². The predicted molar refractivity (Wildman–Crippen MR) is 267 cm³/mol. The van der Waals surface area contributed by atoms with Gasteiger partial charge in [-0.3, -0.25) is 0 Å². The van der Waals surface area contributed by atoms with Crippen LogP contribution in [0.25, 0.3) is 33.4 Å². The van der Waals surface area contributed by atoms with Crippen molar-refractivity contribution in [2.75, 3.05) is 4.90 Å². The quantitative estimate of drug-likeness (QED) is 0.148. The molecule has 0 amide bonds. The maximum Gasteiger partial charge on any atom is 0.0714 e. The normalized spacial score (nSPS) is 18.5. The molecule has 3 unspecified atom stereocenters. The molecule has 0 N–H and O–H groups in total. The molecule has 0 aliphatic heterocycles. The third kappa shape index (κ3) is 5.64. The summed E-state index contributed by atoms with van der Waals surface area (Å²) in [5.74, 6) is 0.518. The molecule has 1 heteroatoms. The lowest BCUT2D eigenvalue weighted by molar-refractivity contribution is 0.374. The van der Waals surface area contributed by atoms with E-state index >= 15 is 0 Å². The van der Waals surface area contributed by atoms with Gasteiger partial charge in [0, 0.05) is 23.0 Å². The summed E-state index contributed by atoms with van der Waals surface area (Å²) in [6.45, 7) is 2.38. The SMILES string of the molecule is CC1C=CC=CC1C1(c2ccccc2)c2ccccc2-c2ccc(N(c3ccc(-c4ccccc4)cc3)c3ccc4c(c3)C(c3ccccc3)(c3ccccc3)c3ccccc3-4)cc21. The van der Waals surface area contributed by atoms with Crippen LogP contribution in [-0.4, -0.2) is 0 Å². The number of anilines is 3. The van der Waals surface area contributed by atoms with Crippen molar-refractivity contribution >= 4 is 17.1 Å². The minimum absolute atomic E-state index is 0.201. The van der Waals surface area contributed by atoms with Gasteiger partial charge in [-0.2, -0.15) is 0 Å². The van der Waals surface area contributed by atoms with Crippen LogP contribution in [0.4, 0.5) is 17.1 Å². The molecule has 9 aromatic carbocycles. The Morgan fingerprint density at radius 3 is 1.39 bits per heavy atom. The molecule has 0 saturated heterocycles. The number of benzene rings is 9. The smallest absolute Gasteiger partial charge is 0.0714 e. The monoisotopic (exact) mass is 817 g/mol. The molecule has 0 aromatic heterocycles. The highest BCUT2D eigenvalue weighted by atomic mass is 15.1. The van der Waals surface area contributed by atoms with Crippen LogP contribution in [0.1, 0.15) is 45.9 Å². The number of fused-ring (bicyclic) bond motifs is 6. The van der Waals surface area contributed by atoms with Crippen LogP contribution in [0.15, 0.2) is 255 Å². The van der Waals surface area contributed by atoms with E-state index in [0.717, 1.165) is 17.1 Å². The number of nitrogens with zero attached hydrogens (tertiary/aromatic N) is 1. The van der Waals surface area contributed by atoms with Crippen LogP contribution in [0.2, 0.25) is 0 Å². The van der Waals surface area contributed by atoms with Crippen LogP contribution < -0.4 is 4.90 Å². The lowest BCUT2D eigenvalue weighted by atomic mass is 9.60. The molecule has 3 aliphatic rings. The minimum Gasteiger partial charge on any atom is -0.310 e. The van der Waals surface area contributed by atoms with Crippen molar-refractivity contribution in [3.05, 3.63) is 294 Å². The van der Waals surface area contributed by atoms with Crippen molar-refractivity contribution in [2.45, 2.75) is 17.8 Å². The summed E-state index contributed by atoms with van der Waals surface area (Å²) in [7, 11) is 0. The molecule has 9 aromatic rings. The fourth-order valence-electron chi connectivity index (χ4n) is 11.7. The zero-order valence-corrected chi connectivity index (χ0v) is 35.9. The van der Waals surface area contributed by atoms with Gasteiger partial charge < -0.3 is 4.90 Å². The van der Waals surface area contributed by atoms with E-state index in [1.807, 2.05) is 0 Å². The van der Waals surface area contributed by atoms with Gasteiger partial charge in [0.25, 0.3) is 0 Å². The van der Waals surface area contributed by atoms with E-state index in [2.05, 4.69) is 267 Å². The molecule has 0 bridgehead atoms. The van der Waals surface area contributed by atoms with Crippen molar-refractivity contribution in [1.82, 2.24) is 0 Å². The fraction of sp³-hybridized carbons (Fsp3) is 0.0794. The number of hydrogen-bond donors (Lipinski definition) is 0. The fourth-order valence-corrected chi connectivity index (χ4v) is 11.7. The minimum atomic E-state index is -0.522. The van der Waals surface area contributed by atoms with E-state index in [1.165, 1.54) is 72.3 Å². The van der Waals surface area contributed by atoms with E-state index in [0.29, 0.717) is 5.92 Å². The van der Waals surface area contributed by atoms with E-state index < -0.39 is 10.8 Å². The molecule has 0 heterocycles. The Kier molecular flexibility index (Phi) is 9.05.